The van der Waals surface area contributed by atoms with Crippen LogP contribution in [0.25, 0.3) is 0 Å². The fourth-order valence-electron chi connectivity index (χ4n) is 5.55. The molecule has 2 aromatic rings. The summed E-state index contributed by atoms with van der Waals surface area (Å²) in [5, 5.41) is 3.13. The third kappa shape index (κ3) is 4.26. The summed E-state index contributed by atoms with van der Waals surface area (Å²) in [7, 11) is 0. The molecule has 0 aromatic heterocycles. The Bertz CT molecular complexity index is 1060. The minimum absolute atomic E-state index is 0.0665. The highest BCUT2D eigenvalue weighted by Crippen LogP contribution is 2.33. The number of rotatable bonds is 5. The molecule has 1 saturated carbocycles. The minimum atomic E-state index is -0.433. The first-order valence-electron chi connectivity index (χ1n) is 12.2. The van der Waals surface area contributed by atoms with Crippen LogP contribution in [0.5, 0.6) is 0 Å². The van der Waals surface area contributed by atoms with Crippen molar-refractivity contribution in [2.45, 2.75) is 57.5 Å². The van der Waals surface area contributed by atoms with Gasteiger partial charge in [-0.3, -0.25) is 14.4 Å². The van der Waals surface area contributed by atoms with Gasteiger partial charge in [0.25, 0.3) is 11.8 Å². The third-order valence-corrected chi connectivity index (χ3v) is 7.36. The van der Waals surface area contributed by atoms with Crippen LogP contribution >= 0.6 is 0 Å². The Morgan fingerprint density at radius 3 is 2.52 bits per heavy atom. The molecule has 172 valence electrons. The van der Waals surface area contributed by atoms with Crippen molar-refractivity contribution in [3.63, 3.8) is 0 Å². The Labute approximate surface area is 194 Å². The summed E-state index contributed by atoms with van der Waals surface area (Å²) < 4.78 is 0. The highest BCUT2D eigenvalue weighted by Gasteiger charge is 2.42. The average molecular weight is 446 g/mol. The first kappa shape index (κ1) is 21.7. The molecule has 0 unspecified atom stereocenters. The number of para-hydroxylation sites is 1. The second kappa shape index (κ2) is 9.38. The monoisotopic (exact) mass is 445 g/mol. The van der Waals surface area contributed by atoms with E-state index < -0.39 is 6.04 Å². The lowest BCUT2D eigenvalue weighted by Gasteiger charge is -2.27. The number of nitrogens with zero attached hydrogens (tertiary/aromatic N) is 2. The first-order chi connectivity index (χ1) is 16.1. The molecular weight excluding hydrogens is 414 g/mol. The van der Waals surface area contributed by atoms with Crippen molar-refractivity contribution in [3.05, 3.63) is 65.2 Å². The molecule has 3 aliphatic rings. The van der Waals surface area contributed by atoms with E-state index in [9.17, 15) is 14.4 Å². The number of benzene rings is 2. The minimum Gasteiger partial charge on any atom is -0.352 e. The van der Waals surface area contributed by atoms with Crippen molar-refractivity contribution >= 4 is 23.4 Å². The number of amides is 3. The van der Waals surface area contributed by atoms with Crippen LogP contribution in [-0.2, 0) is 11.3 Å². The van der Waals surface area contributed by atoms with Crippen LogP contribution in [0.1, 0.15) is 71.2 Å². The van der Waals surface area contributed by atoms with E-state index in [-0.39, 0.29) is 24.3 Å². The molecule has 1 N–H and O–H groups in total. The molecule has 1 atom stereocenters. The zero-order valence-corrected chi connectivity index (χ0v) is 19.0. The lowest BCUT2D eigenvalue weighted by atomic mass is 9.89. The van der Waals surface area contributed by atoms with Crippen molar-refractivity contribution in [1.82, 2.24) is 10.2 Å². The van der Waals surface area contributed by atoms with Crippen molar-refractivity contribution in [3.8, 4) is 0 Å². The summed E-state index contributed by atoms with van der Waals surface area (Å²) in [6.45, 7) is 1.57. The molecule has 5 rings (SSSR count). The van der Waals surface area contributed by atoms with E-state index in [1.165, 1.54) is 32.1 Å². The topological polar surface area (TPSA) is 69.7 Å². The lowest BCUT2D eigenvalue weighted by Crippen LogP contribution is -2.44. The SMILES string of the molecule is O=C(NCC1CCCCC1)c1ccccc1CN1C(=O)[C@H]2CCCN2C(=O)c2ccccc21. The third-order valence-electron chi connectivity index (χ3n) is 7.36. The van der Waals surface area contributed by atoms with E-state index >= 15 is 0 Å². The largest absolute Gasteiger partial charge is 0.352 e. The van der Waals surface area contributed by atoms with Gasteiger partial charge in [-0.15, -0.1) is 0 Å². The summed E-state index contributed by atoms with van der Waals surface area (Å²) in [5.41, 5.74) is 2.56. The Kier molecular flexibility index (Phi) is 6.16. The van der Waals surface area contributed by atoms with E-state index in [1.807, 2.05) is 42.5 Å². The van der Waals surface area contributed by atoms with Gasteiger partial charge in [-0.1, -0.05) is 49.6 Å². The summed E-state index contributed by atoms with van der Waals surface area (Å²) in [5.74, 6) is 0.310. The number of fused-ring (bicyclic) bond motifs is 2. The molecule has 3 amide bonds. The normalized spacial score (nSPS) is 20.9. The van der Waals surface area contributed by atoms with E-state index in [1.54, 1.807) is 15.9 Å². The second-order valence-electron chi connectivity index (χ2n) is 9.47. The highest BCUT2D eigenvalue weighted by atomic mass is 16.2. The Balaban J connectivity index is 1.41. The fraction of sp³-hybridized carbons (Fsp3) is 0.444. The van der Waals surface area contributed by atoms with Crippen molar-refractivity contribution in [2.75, 3.05) is 18.0 Å². The van der Waals surface area contributed by atoms with Crippen molar-refractivity contribution in [2.24, 2.45) is 5.92 Å². The van der Waals surface area contributed by atoms with Gasteiger partial charge in [0.1, 0.15) is 6.04 Å². The summed E-state index contributed by atoms with van der Waals surface area (Å²) >= 11 is 0. The molecule has 1 saturated heterocycles. The van der Waals surface area contributed by atoms with Crippen LogP contribution in [0.15, 0.2) is 48.5 Å². The molecule has 2 aromatic carbocycles. The van der Waals surface area contributed by atoms with Crippen LogP contribution < -0.4 is 10.2 Å². The predicted octanol–water partition coefficient (Wildman–Crippen LogP) is 4.15. The number of hydrogen-bond donors (Lipinski definition) is 1. The van der Waals surface area contributed by atoms with E-state index in [0.29, 0.717) is 42.2 Å². The van der Waals surface area contributed by atoms with Gasteiger partial charge < -0.3 is 15.1 Å². The maximum Gasteiger partial charge on any atom is 0.256 e. The van der Waals surface area contributed by atoms with Crippen LogP contribution in [0.3, 0.4) is 0 Å². The van der Waals surface area contributed by atoms with Crippen molar-refractivity contribution in [1.29, 1.82) is 0 Å². The van der Waals surface area contributed by atoms with Gasteiger partial charge in [0.15, 0.2) is 0 Å². The first-order valence-corrected chi connectivity index (χ1v) is 12.2. The summed E-state index contributed by atoms with van der Waals surface area (Å²) in [4.78, 5) is 43.3. The standard InChI is InChI=1S/C27H31N3O3/c31-25(28-17-19-9-2-1-3-10-19)21-12-5-4-11-20(21)18-30-23-14-7-6-13-22(23)26(32)29-16-8-15-24(29)27(30)33/h4-7,11-14,19,24H,1-3,8-10,15-18H2,(H,28,31)/t24-/m1/s1. The number of hydrogen-bond acceptors (Lipinski definition) is 3. The zero-order chi connectivity index (χ0) is 22.8. The van der Waals surface area contributed by atoms with Gasteiger partial charge in [0, 0.05) is 18.7 Å². The van der Waals surface area contributed by atoms with Gasteiger partial charge in [-0.25, -0.2) is 0 Å². The maximum atomic E-state index is 13.6. The molecule has 2 aliphatic heterocycles. The zero-order valence-electron chi connectivity index (χ0n) is 19.0. The molecule has 33 heavy (non-hydrogen) atoms. The van der Waals surface area contributed by atoms with E-state index in [0.717, 1.165) is 12.0 Å². The molecule has 6 heteroatoms. The maximum absolute atomic E-state index is 13.6. The molecule has 1 aliphatic carbocycles. The molecule has 0 radical (unpaired) electrons. The molecule has 2 fully saturated rings. The van der Waals surface area contributed by atoms with E-state index in [2.05, 4.69) is 5.32 Å². The van der Waals surface area contributed by atoms with Gasteiger partial charge >= 0.3 is 0 Å². The van der Waals surface area contributed by atoms with Crippen molar-refractivity contribution < 1.29 is 14.4 Å². The second-order valence-corrected chi connectivity index (χ2v) is 9.47. The lowest BCUT2D eigenvalue weighted by molar-refractivity contribution is -0.122. The number of anilines is 1. The van der Waals surface area contributed by atoms with Gasteiger partial charge in [0.05, 0.1) is 17.8 Å². The Morgan fingerprint density at radius 1 is 0.909 bits per heavy atom. The summed E-state index contributed by atoms with van der Waals surface area (Å²) in [6, 6.07) is 14.4. The average Bonchev–Trinajstić information content (AvgIpc) is 3.33. The van der Waals surface area contributed by atoms with Crippen LogP contribution in [0.4, 0.5) is 5.69 Å². The predicted molar refractivity (Wildman–Crippen MR) is 127 cm³/mol. The summed E-state index contributed by atoms with van der Waals surface area (Å²) in [6.07, 6.45) is 7.63. The van der Waals surface area contributed by atoms with Crippen LogP contribution in [-0.4, -0.2) is 41.8 Å². The quantitative estimate of drug-likeness (QED) is 0.752. The number of nitrogens with one attached hydrogen (secondary N) is 1. The number of carbonyl (C=O) groups is 3. The van der Waals surface area contributed by atoms with E-state index in [4.69, 9.17) is 0 Å². The van der Waals surface area contributed by atoms with Gasteiger partial charge in [-0.05, 0) is 55.4 Å². The fourth-order valence-corrected chi connectivity index (χ4v) is 5.55. The molecule has 0 spiro atoms. The molecular formula is C27H31N3O3. The van der Waals surface area contributed by atoms with Gasteiger partial charge in [0.2, 0.25) is 5.91 Å². The molecule has 2 heterocycles. The molecule has 0 bridgehead atoms. The Morgan fingerprint density at radius 2 is 1.67 bits per heavy atom. The Hall–Kier alpha value is -3.15. The van der Waals surface area contributed by atoms with Gasteiger partial charge in [-0.2, -0.15) is 0 Å². The number of carbonyl (C=O) groups excluding carboxylic acids is 3. The van der Waals surface area contributed by atoms with Crippen LogP contribution in [0, 0.1) is 5.92 Å². The smallest absolute Gasteiger partial charge is 0.256 e. The van der Waals surface area contributed by atoms with Crippen LogP contribution in [0.2, 0.25) is 0 Å². The molecule has 6 nitrogen and oxygen atoms in total. The highest BCUT2D eigenvalue weighted by molar-refractivity contribution is 6.11.